The Balaban J connectivity index is 2.63. The molecule has 5 nitrogen and oxygen atoms in total. The van der Waals surface area contributed by atoms with E-state index in [2.05, 4.69) is 20.7 Å². The third kappa shape index (κ3) is 4.16. The van der Waals surface area contributed by atoms with E-state index >= 15 is 0 Å². The molecule has 2 N–H and O–H groups in total. The fourth-order valence-electron chi connectivity index (χ4n) is 1.12. The van der Waals surface area contributed by atoms with Gasteiger partial charge < -0.3 is 9.84 Å². The normalized spacial score (nSPS) is 11.7. The maximum Gasteiger partial charge on any atom is 0.409 e. The van der Waals surface area contributed by atoms with Crippen LogP contribution in [-0.2, 0) is 4.74 Å². The van der Waals surface area contributed by atoms with Crippen LogP contribution in [0.3, 0.4) is 0 Å². The van der Waals surface area contributed by atoms with Gasteiger partial charge in [0.05, 0.1) is 6.61 Å². The van der Waals surface area contributed by atoms with Crippen molar-refractivity contribution in [3.8, 4) is 0 Å². The number of aliphatic hydroxyl groups is 1. The zero-order valence-corrected chi connectivity index (χ0v) is 10.7. The van der Waals surface area contributed by atoms with E-state index in [9.17, 15) is 14.7 Å². The van der Waals surface area contributed by atoms with Gasteiger partial charge in [-0.2, -0.15) is 0 Å². The van der Waals surface area contributed by atoms with Crippen LogP contribution in [0.2, 0.25) is 0 Å². The van der Waals surface area contributed by atoms with E-state index < -0.39 is 18.1 Å². The van der Waals surface area contributed by atoms with E-state index in [0.29, 0.717) is 5.56 Å². The summed E-state index contributed by atoms with van der Waals surface area (Å²) in [6.07, 6.45) is -2.43. The van der Waals surface area contributed by atoms with Crippen LogP contribution in [0.5, 0.6) is 0 Å². The molecule has 1 amide bonds. The van der Waals surface area contributed by atoms with Crippen molar-refractivity contribution < 1.29 is 19.4 Å². The SMILES string of the molecule is CCOC(=O)N[C@H](O)C(=O)c1ccc(Br)cc1. The maximum atomic E-state index is 11.7. The Bertz CT molecular complexity index is 404. The molecule has 92 valence electrons. The lowest BCUT2D eigenvalue weighted by molar-refractivity contribution is 0.0635. The lowest BCUT2D eigenvalue weighted by Gasteiger charge is -2.11. The van der Waals surface area contributed by atoms with Crippen LogP contribution >= 0.6 is 15.9 Å². The molecule has 0 aliphatic rings. The number of nitrogens with one attached hydrogen (secondary N) is 1. The zero-order valence-electron chi connectivity index (χ0n) is 9.14. The minimum atomic E-state index is -1.60. The number of Topliss-reactive ketones (excluding diaryl/α,β-unsaturated/α-hetero) is 1. The van der Waals surface area contributed by atoms with E-state index in [-0.39, 0.29) is 6.61 Å². The van der Waals surface area contributed by atoms with Crippen LogP contribution in [-0.4, -0.2) is 29.8 Å². The number of benzene rings is 1. The van der Waals surface area contributed by atoms with Gasteiger partial charge in [-0.3, -0.25) is 10.1 Å². The molecule has 0 saturated heterocycles. The van der Waals surface area contributed by atoms with Crippen molar-refractivity contribution in [1.82, 2.24) is 5.32 Å². The molecule has 1 aromatic carbocycles. The Hall–Kier alpha value is -1.40. The van der Waals surface area contributed by atoms with Crippen molar-refractivity contribution in [1.29, 1.82) is 0 Å². The van der Waals surface area contributed by atoms with Crippen molar-refractivity contribution >= 4 is 27.8 Å². The monoisotopic (exact) mass is 301 g/mol. The summed E-state index contributed by atoms with van der Waals surface area (Å²) in [6, 6.07) is 6.43. The Morgan fingerprint density at radius 2 is 2.00 bits per heavy atom. The Kier molecular flexibility index (Phi) is 5.11. The fourth-order valence-corrected chi connectivity index (χ4v) is 1.39. The van der Waals surface area contributed by atoms with Gasteiger partial charge in [0.25, 0.3) is 0 Å². The number of amides is 1. The highest BCUT2D eigenvalue weighted by molar-refractivity contribution is 9.10. The first-order chi connectivity index (χ1) is 8.04. The molecule has 0 heterocycles. The third-order valence-corrected chi connectivity index (χ3v) is 2.44. The highest BCUT2D eigenvalue weighted by atomic mass is 79.9. The number of carbonyl (C=O) groups is 2. The molecule has 0 radical (unpaired) electrons. The van der Waals surface area contributed by atoms with Gasteiger partial charge in [-0.25, -0.2) is 4.79 Å². The van der Waals surface area contributed by atoms with Gasteiger partial charge in [0.2, 0.25) is 5.78 Å². The Labute approximate surface area is 107 Å². The van der Waals surface area contributed by atoms with Gasteiger partial charge >= 0.3 is 6.09 Å². The topological polar surface area (TPSA) is 75.6 Å². The summed E-state index contributed by atoms with van der Waals surface area (Å²) in [7, 11) is 0. The van der Waals surface area contributed by atoms with Gasteiger partial charge in [-0.1, -0.05) is 28.1 Å². The van der Waals surface area contributed by atoms with Crippen molar-refractivity contribution in [3.63, 3.8) is 0 Å². The average molecular weight is 302 g/mol. The van der Waals surface area contributed by atoms with Gasteiger partial charge in [0, 0.05) is 10.0 Å². The molecule has 1 aromatic rings. The van der Waals surface area contributed by atoms with Gasteiger partial charge in [-0.15, -0.1) is 0 Å². The highest BCUT2D eigenvalue weighted by Crippen LogP contribution is 2.11. The predicted molar refractivity (Wildman–Crippen MR) is 64.6 cm³/mol. The molecule has 0 bridgehead atoms. The van der Waals surface area contributed by atoms with E-state index in [0.717, 1.165) is 4.47 Å². The second-order valence-electron chi connectivity index (χ2n) is 3.14. The molecule has 0 fully saturated rings. The number of carbonyl (C=O) groups excluding carboxylic acids is 2. The van der Waals surface area contributed by atoms with E-state index in [1.165, 1.54) is 0 Å². The van der Waals surface area contributed by atoms with E-state index in [4.69, 9.17) is 0 Å². The first-order valence-corrected chi connectivity index (χ1v) is 5.75. The Morgan fingerprint density at radius 3 is 2.53 bits per heavy atom. The zero-order chi connectivity index (χ0) is 12.8. The number of rotatable bonds is 4. The molecule has 0 aliphatic carbocycles. The number of ketones is 1. The van der Waals surface area contributed by atoms with Crippen LogP contribution in [0.25, 0.3) is 0 Å². The summed E-state index contributed by atoms with van der Waals surface area (Å²) in [6.45, 7) is 1.80. The molecular formula is C11H12BrNO4. The van der Waals surface area contributed by atoms with E-state index in [1.807, 2.05) is 5.32 Å². The van der Waals surface area contributed by atoms with Crippen molar-refractivity contribution in [2.45, 2.75) is 13.2 Å². The molecule has 0 saturated carbocycles. The summed E-state index contributed by atoms with van der Waals surface area (Å²) in [4.78, 5) is 22.7. The number of alkyl carbamates (subject to hydrolysis) is 1. The summed E-state index contributed by atoms with van der Waals surface area (Å²) in [5.41, 5.74) is 0.303. The first-order valence-electron chi connectivity index (χ1n) is 4.95. The summed E-state index contributed by atoms with van der Waals surface area (Å²) < 4.78 is 5.37. The lowest BCUT2D eigenvalue weighted by Crippen LogP contribution is -2.40. The van der Waals surface area contributed by atoms with Crippen molar-refractivity contribution in [2.75, 3.05) is 6.61 Å². The molecule has 0 spiro atoms. The van der Waals surface area contributed by atoms with Gasteiger partial charge in [0.1, 0.15) is 0 Å². The molecular weight excluding hydrogens is 290 g/mol. The van der Waals surface area contributed by atoms with Gasteiger partial charge in [0.15, 0.2) is 6.23 Å². The summed E-state index contributed by atoms with van der Waals surface area (Å²) in [5.74, 6) is -0.592. The highest BCUT2D eigenvalue weighted by Gasteiger charge is 2.19. The number of hydrogen-bond acceptors (Lipinski definition) is 4. The molecule has 0 aliphatic heterocycles. The molecule has 0 aromatic heterocycles. The Morgan fingerprint density at radius 1 is 1.41 bits per heavy atom. The van der Waals surface area contributed by atoms with Crippen LogP contribution in [0, 0.1) is 0 Å². The second-order valence-corrected chi connectivity index (χ2v) is 4.05. The number of aliphatic hydroxyl groups excluding tert-OH is 1. The first kappa shape index (κ1) is 13.7. The maximum absolute atomic E-state index is 11.7. The van der Waals surface area contributed by atoms with Crippen LogP contribution in [0.4, 0.5) is 4.79 Å². The van der Waals surface area contributed by atoms with E-state index in [1.54, 1.807) is 31.2 Å². The molecule has 6 heteroatoms. The molecule has 1 rings (SSSR count). The number of ether oxygens (including phenoxy) is 1. The number of halogens is 1. The van der Waals surface area contributed by atoms with Crippen molar-refractivity contribution in [3.05, 3.63) is 34.3 Å². The molecule has 0 unspecified atom stereocenters. The van der Waals surface area contributed by atoms with Gasteiger partial charge in [-0.05, 0) is 19.1 Å². The molecule has 1 atom stereocenters. The predicted octanol–water partition coefficient (Wildman–Crippen LogP) is 1.70. The summed E-state index contributed by atoms with van der Waals surface area (Å²) in [5, 5.41) is 11.5. The quantitative estimate of drug-likeness (QED) is 0.655. The lowest BCUT2D eigenvalue weighted by atomic mass is 10.1. The van der Waals surface area contributed by atoms with Crippen molar-refractivity contribution in [2.24, 2.45) is 0 Å². The smallest absolute Gasteiger partial charge is 0.409 e. The standard InChI is InChI=1S/C11H12BrNO4/c1-2-17-11(16)13-10(15)9(14)7-3-5-8(12)6-4-7/h3-6,10,15H,2H2,1H3,(H,13,16)/t10-/m1/s1. The minimum Gasteiger partial charge on any atom is -0.450 e. The fraction of sp³-hybridized carbons (Fsp3) is 0.273. The minimum absolute atomic E-state index is 0.172. The number of hydrogen-bond donors (Lipinski definition) is 2. The van der Waals surface area contributed by atoms with Crippen LogP contribution in [0.15, 0.2) is 28.7 Å². The average Bonchev–Trinajstić information content (AvgIpc) is 2.29. The third-order valence-electron chi connectivity index (χ3n) is 1.91. The summed E-state index contributed by atoms with van der Waals surface area (Å²) >= 11 is 3.23. The van der Waals surface area contributed by atoms with Crippen LogP contribution in [0.1, 0.15) is 17.3 Å². The second kappa shape index (κ2) is 6.36. The molecule has 17 heavy (non-hydrogen) atoms. The largest absolute Gasteiger partial charge is 0.450 e. The van der Waals surface area contributed by atoms with Crippen LogP contribution < -0.4 is 5.32 Å².